The van der Waals surface area contributed by atoms with Gasteiger partial charge in [0.15, 0.2) is 0 Å². The van der Waals surface area contributed by atoms with Crippen LogP contribution in [0.3, 0.4) is 0 Å². The van der Waals surface area contributed by atoms with E-state index in [1.165, 1.54) is 12.1 Å². The zero-order valence-corrected chi connectivity index (χ0v) is 23.5. The molecule has 0 saturated heterocycles. The number of carboxylic acid groups (broad SMARTS) is 1. The first-order valence-corrected chi connectivity index (χ1v) is 13.5. The maximum atomic E-state index is 12.8. The Labute approximate surface area is 235 Å². The Morgan fingerprint density at radius 3 is 1.98 bits per heavy atom. The van der Waals surface area contributed by atoms with Gasteiger partial charge in [-0.1, -0.05) is 70.2 Å². The van der Waals surface area contributed by atoms with Crippen molar-refractivity contribution < 1.29 is 34.5 Å². The standard InChI is InChI=1S/C30H41N3O7/c1-18(2)14-23(32-28(37)25(35)15-20-8-6-5-7-9-20)24(34)16-26(36)33-27(19(3)4)29(38)31-17-21-10-12-22(13-11-21)30(39)40/h5-13,18-19,23-25,27,34-35H,14-17H2,1-4H3,(H,31,38)(H,32,37)(H,33,36)(H,39,40)/t23-,24-,25+,27-/m0/s1. The molecule has 10 heteroatoms. The highest BCUT2D eigenvalue weighted by molar-refractivity contribution is 5.88. The Kier molecular flexibility index (Phi) is 12.8. The lowest BCUT2D eigenvalue weighted by atomic mass is 9.96. The van der Waals surface area contributed by atoms with Gasteiger partial charge in [0.05, 0.1) is 24.1 Å². The number of hydrogen-bond acceptors (Lipinski definition) is 6. The molecule has 3 amide bonds. The van der Waals surface area contributed by atoms with E-state index in [-0.39, 0.29) is 36.8 Å². The molecule has 218 valence electrons. The third-order valence-electron chi connectivity index (χ3n) is 6.42. The zero-order chi connectivity index (χ0) is 29.8. The largest absolute Gasteiger partial charge is 0.478 e. The van der Waals surface area contributed by atoms with Gasteiger partial charge in [-0.05, 0) is 41.5 Å². The predicted octanol–water partition coefficient (Wildman–Crippen LogP) is 2.03. The normalized spacial score (nSPS) is 14.2. The van der Waals surface area contributed by atoms with Crippen LogP contribution >= 0.6 is 0 Å². The van der Waals surface area contributed by atoms with E-state index in [4.69, 9.17) is 5.11 Å². The number of carboxylic acids is 1. The maximum Gasteiger partial charge on any atom is 0.335 e. The van der Waals surface area contributed by atoms with Gasteiger partial charge in [-0.15, -0.1) is 0 Å². The van der Waals surface area contributed by atoms with Crippen LogP contribution in [0, 0.1) is 11.8 Å². The zero-order valence-electron chi connectivity index (χ0n) is 23.5. The molecule has 0 bridgehead atoms. The summed E-state index contributed by atoms with van der Waals surface area (Å²) in [6, 6.07) is 13.5. The van der Waals surface area contributed by atoms with Crippen molar-refractivity contribution >= 4 is 23.7 Å². The minimum atomic E-state index is -1.31. The fourth-order valence-corrected chi connectivity index (χ4v) is 4.19. The summed E-state index contributed by atoms with van der Waals surface area (Å²) in [5.74, 6) is -2.82. The van der Waals surface area contributed by atoms with E-state index in [0.29, 0.717) is 12.0 Å². The Morgan fingerprint density at radius 2 is 1.43 bits per heavy atom. The van der Waals surface area contributed by atoms with E-state index in [0.717, 1.165) is 5.56 Å². The lowest BCUT2D eigenvalue weighted by Crippen LogP contribution is -2.52. The summed E-state index contributed by atoms with van der Waals surface area (Å²) in [6.45, 7) is 7.53. The van der Waals surface area contributed by atoms with Gasteiger partial charge in [0.2, 0.25) is 17.7 Å². The average Bonchev–Trinajstić information content (AvgIpc) is 2.90. The fraction of sp³-hybridized carbons (Fsp3) is 0.467. The molecule has 0 fully saturated rings. The Bertz CT molecular complexity index is 1120. The molecule has 0 aromatic heterocycles. The predicted molar refractivity (Wildman–Crippen MR) is 150 cm³/mol. The number of aliphatic hydroxyl groups is 2. The van der Waals surface area contributed by atoms with E-state index in [1.54, 1.807) is 38.1 Å². The first kappa shape index (κ1) is 32.5. The number of aliphatic hydroxyl groups excluding tert-OH is 2. The molecular formula is C30H41N3O7. The molecule has 2 aromatic rings. The fourth-order valence-electron chi connectivity index (χ4n) is 4.19. The van der Waals surface area contributed by atoms with Gasteiger partial charge in [0.25, 0.3) is 0 Å². The lowest BCUT2D eigenvalue weighted by molar-refractivity contribution is -0.133. The van der Waals surface area contributed by atoms with E-state index < -0.39 is 48.0 Å². The molecule has 10 nitrogen and oxygen atoms in total. The third-order valence-corrected chi connectivity index (χ3v) is 6.42. The summed E-state index contributed by atoms with van der Waals surface area (Å²) in [5, 5.41) is 38.4. The monoisotopic (exact) mass is 555 g/mol. The SMILES string of the molecule is CC(C)C[C@H](NC(=O)[C@H](O)Cc1ccccc1)[C@@H](O)CC(=O)N[C@H](C(=O)NCc1ccc(C(=O)O)cc1)C(C)C. The molecule has 0 unspecified atom stereocenters. The van der Waals surface area contributed by atoms with Crippen LogP contribution in [-0.4, -0.2) is 63.3 Å². The number of nitrogens with one attached hydrogen (secondary N) is 3. The van der Waals surface area contributed by atoms with Crippen molar-refractivity contribution in [2.75, 3.05) is 0 Å². The minimum absolute atomic E-state index is 0.0908. The smallest absolute Gasteiger partial charge is 0.335 e. The number of benzene rings is 2. The van der Waals surface area contributed by atoms with Gasteiger partial charge in [0, 0.05) is 13.0 Å². The minimum Gasteiger partial charge on any atom is -0.478 e. The quantitative estimate of drug-likeness (QED) is 0.196. The first-order valence-electron chi connectivity index (χ1n) is 13.5. The van der Waals surface area contributed by atoms with E-state index in [9.17, 15) is 29.4 Å². The van der Waals surface area contributed by atoms with Gasteiger partial charge in [-0.25, -0.2) is 4.79 Å². The summed E-state index contributed by atoms with van der Waals surface area (Å²) in [4.78, 5) is 49.3. The molecule has 0 spiro atoms. The molecule has 0 aliphatic heterocycles. The summed E-state index contributed by atoms with van der Waals surface area (Å²) in [5.41, 5.74) is 1.63. The van der Waals surface area contributed by atoms with E-state index in [2.05, 4.69) is 16.0 Å². The second-order valence-corrected chi connectivity index (χ2v) is 10.7. The summed E-state index contributed by atoms with van der Waals surface area (Å²) < 4.78 is 0. The highest BCUT2D eigenvalue weighted by Gasteiger charge is 2.29. The van der Waals surface area contributed by atoms with Gasteiger partial charge in [-0.3, -0.25) is 14.4 Å². The van der Waals surface area contributed by atoms with Crippen molar-refractivity contribution in [3.63, 3.8) is 0 Å². The molecule has 0 heterocycles. The number of hydrogen-bond donors (Lipinski definition) is 6. The van der Waals surface area contributed by atoms with Crippen LogP contribution in [0.1, 0.15) is 62.0 Å². The van der Waals surface area contributed by atoms with Crippen LogP contribution < -0.4 is 16.0 Å². The van der Waals surface area contributed by atoms with Gasteiger partial charge in [0.1, 0.15) is 12.1 Å². The molecule has 0 aliphatic carbocycles. The number of aromatic carboxylic acids is 1. The number of carbonyl (C=O) groups excluding carboxylic acids is 3. The maximum absolute atomic E-state index is 12.8. The van der Waals surface area contributed by atoms with Crippen molar-refractivity contribution in [1.29, 1.82) is 0 Å². The van der Waals surface area contributed by atoms with E-state index >= 15 is 0 Å². The van der Waals surface area contributed by atoms with Crippen molar-refractivity contribution in [1.82, 2.24) is 16.0 Å². The van der Waals surface area contributed by atoms with Crippen LogP contribution in [0.2, 0.25) is 0 Å². The number of carbonyl (C=O) groups is 4. The number of rotatable bonds is 15. The molecule has 0 aliphatic rings. The van der Waals surface area contributed by atoms with Crippen LogP contribution in [0.15, 0.2) is 54.6 Å². The van der Waals surface area contributed by atoms with Crippen molar-refractivity contribution in [2.45, 2.75) is 77.8 Å². The molecule has 6 N–H and O–H groups in total. The Hall–Kier alpha value is -3.76. The van der Waals surface area contributed by atoms with Crippen LogP contribution in [-0.2, 0) is 27.3 Å². The van der Waals surface area contributed by atoms with E-state index in [1.807, 2.05) is 32.0 Å². The summed E-state index contributed by atoms with van der Waals surface area (Å²) in [6.07, 6.45) is -2.40. The molecular weight excluding hydrogens is 514 g/mol. The summed E-state index contributed by atoms with van der Waals surface area (Å²) >= 11 is 0. The van der Waals surface area contributed by atoms with Gasteiger partial charge in [-0.2, -0.15) is 0 Å². The lowest BCUT2D eigenvalue weighted by Gasteiger charge is -2.28. The van der Waals surface area contributed by atoms with Crippen LogP contribution in [0.5, 0.6) is 0 Å². The molecule has 40 heavy (non-hydrogen) atoms. The average molecular weight is 556 g/mol. The molecule has 0 saturated carbocycles. The second-order valence-electron chi connectivity index (χ2n) is 10.7. The highest BCUT2D eigenvalue weighted by atomic mass is 16.4. The highest BCUT2D eigenvalue weighted by Crippen LogP contribution is 2.13. The van der Waals surface area contributed by atoms with Gasteiger partial charge < -0.3 is 31.3 Å². The summed E-state index contributed by atoms with van der Waals surface area (Å²) in [7, 11) is 0. The second kappa shape index (κ2) is 15.7. The van der Waals surface area contributed by atoms with Crippen LogP contribution in [0.25, 0.3) is 0 Å². The molecule has 0 radical (unpaired) electrons. The van der Waals surface area contributed by atoms with Crippen molar-refractivity contribution in [2.24, 2.45) is 11.8 Å². The third kappa shape index (κ3) is 10.8. The Morgan fingerprint density at radius 1 is 0.800 bits per heavy atom. The first-order chi connectivity index (χ1) is 18.9. The molecule has 4 atom stereocenters. The number of amides is 3. The van der Waals surface area contributed by atoms with Gasteiger partial charge >= 0.3 is 5.97 Å². The molecule has 2 aromatic carbocycles. The van der Waals surface area contributed by atoms with Crippen LogP contribution in [0.4, 0.5) is 0 Å². The molecule has 2 rings (SSSR count). The van der Waals surface area contributed by atoms with Crippen molar-refractivity contribution in [3.8, 4) is 0 Å². The Balaban J connectivity index is 1.96. The topological polar surface area (TPSA) is 165 Å². The van der Waals surface area contributed by atoms with Crippen molar-refractivity contribution in [3.05, 3.63) is 71.3 Å².